The Morgan fingerprint density at radius 3 is 2.26 bits per heavy atom. The summed E-state index contributed by atoms with van der Waals surface area (Å²) in [5, 5.41) is 9.26. The van der Waals surface area contributed by atoms with Crippen LogP contribution in [-0.4, -0.2) is 15.6 Å². The Balaban J connectivity index is 2.79. The summed E-state index contributed by atoms with van der Waals surface area (Å²) in [6.45, 7) is 3.74. The number of carbonyl (C=O) groups is 1. The quantitative estimate of drug-likeness (QED) is 0.898. The number of hydrogen-bond acceptors (Lipinski definition) is 2. The minimum absolute atomic E-state index is 0.183. The normalized spacial score (nSPS) is 10.5. The third-order valence-electron chi connectivity index (χ3n) is 3.25. The van der Waals surface area contributed by atoms with E-state index < -0.39 is 11.5 Å². The smallest absolute Gasteiger partial charge is 0.341 e. The molecule has 0 amide bonds. The topological polar surface area (TPSA) is 59.3 Å². The minimum atomic E-state index is -1.20. The first kappa shape index (κ1) is 13.1. The summed E-state index contributed by atoms with van der Waals surface area (Å²) in [6.07, 6.45) is 0. The zero-order chi connectivity index (χ0) is 14.2. The predicted octanol–water partition coefficient (Wildman–Crippen LogP) is 2.37. The molecule has 1 aromatic heterocycles. The molecule has 0 spiro atoms. The predicted molar refractivity (Wildman–Crippen MR) is 73.6 cm³/mol. The van der Waals surface area contributed by atoms with Crippen molar-refractivity contribution in [2.24, 2.45) is 7.05 Å². The van der Waals surface area contributed by atoms with Crippen LogP contribution in [0.4, 0.5) is 0 Å². The van der Waals surface area contributed by atoms with Gasteiger partial charge in [0, 0.05) is 18.3 Å². The van der Waals surface area contributed by atoms with Crippen molar-refractivity contribution in [3.05, 3.63) is 57.5 Å². The van der Waals surface area contributed by atoms with E-state index in [-0.39, 0.29) is 5.56 Å². The maximum atomic E-state index is 12.1. The lowest BCUT2D eigenvalue weighted by molar-refractivity contribution is 0.0695. The lowest BCUT2D eigenvalue weighted by Gasteiger charge is -2.11. The van der Waals surface area contributed by atoms with Crippen molar-refractivity contribution in [1.82, 2.24) is 4.57 Å². The number of aryl methyl sites for hydroxylation is 2. The number of nitrogens with zero attached hydrogens (tertiary/aromatic N) is 1. The molecule has 0 unspecified atom stereocenters. The second-order valence-corrected chi connectivity index (χ2v) is 4.61. The standard InChI is InChI=1S/C15H15NO3/c1-9-4-6-11(7-5-9)12-8-10(2)16(3)14(17)13(12)15(18)19/h4-8H,1-3H3,(H,18,19). The Hall–Kier alpha value is -2.36. The van der Waals surface area contributed by atoms with E-state index in [0.717, 1.165) is 16.8 Å². The highest BCUT2D eigenvalue weighted by molar-refractivity contribution is 5.95. The van der Waals surface area contributed by atoms with Gasteiger partial charge in [0.2, 0.25) is 0 Å². The first-order chi connectivity index (χ1) is 8.91. The monoisotopic (exact) mass is 257 g/mol. The Morgan fingerprint density at radius 2 is 1.74 bits per heavy atom. The molecule has 98 valence electrons. The SMILES string of the molecule is Cc1ccc(-c2cc(C)n(C)c(=O)c2C(=O)O)cc1. The fourth-order valence-electron chi connectivity index (χ4n) is 1.99. The molecule has 0 atom stereocenters. The molecule has 1 heterocycles. The summed E-state index contributed by atoms with van der Waals surface area (Å²) in [5.74, 6) is -1.20. The molecule has 1 aromatic carbocycles. The highest BCUT2D eigenvalue weighted by Gasteiger charge is 2.18. The molecule has 0 aliphatic carbocycles. The first-order valence-corrected chi connectivity index (χ1v) is 5.92. The van der Waals surface area contributed by atoms with Gasteiger partial charge in [0.15, 0.2) is 0 Å². The molecule has 0 saturated carbocycles. The van der Waals surface area contributed by atoms with E-state index in [9.17, 15) is 14.7 Å². The number of hydrogen-bond donors (Lipinski definition) is 1. The van der Waals surface area contributed by atoms with E-state index in [1.807, 2.05) is 31.2 Å². The molecule has 0 bridgehead atoms. The van der Waals surface area contributed by atoms with Crippen molar-refractivity contribution in [3.63, 3.8) is 0 Å². The van der Waals surface area contributed by atoms with E-state index in [2.05, 4.69) is 0 Å². The summed E-state index contributed by atoms with van der Waals surface area (Å²) < 4.78 is 1.35. The van der Waals surface area contributed by atoms with Crippen LogP contribution in [0.3, 0.4) is 0 Å². The largest absolute Gasteiger partial charge is 0.477 e. The van der Waals surface area contributed by atoms with Crippen molar-refractivity contribution >= 4 is 5.97 Å². The second kappa shape index (κ2) is 4.72. The van der Waals surface area contributed by atoms with Gasteiger partial charge < -0.3 is 9.67 Å². The van der Waals surface area contributed by atoms with Gasteiger partial charge in [-0.3, -0.25) is 4.79 Å². The van der Waals surface area contributed by atoms with Gasteiger partial charge in [-0.1, -0.05) is 29.8 Å². The summed E-state index contributed by atoms with van der Waals surface area (Å²) in [6, 6.07) is 9.18. The van der Waals surface area contributed by atoms with Crippen LogP contribution in [0.2, 0.25) is 0 Å². The average Bonchev–Trinajstić information content (AvgIpc) is 2.36. The summed E-state index contributed by atoms with van der Waals surface area (Å²) in [7, 11) is 1.57. The molecule has 2 rings (SSSR count). The van der Waals surface area contributed by atoms with E-state index >= 15 is 0 Å². The molecule has 19 heavy (non-hydrogen) atoms. The van der Waals surface area contributed by atoms with E-state index in [1.165, 1.54) is 4.57 Å². The molecule has 4 heteroatoms. The molecular weight excluding hydrogens is 242 g/mol. The lowest BCUT2D eigenvalue weighted by atomic mass is 9.99. The van der Waals surface area contributed by atoms with Crippen molar-refractivity contribution in [2.45, 2.75) is 13.8 Å². The van der Waals surface area contributed by atoms with Crippen molar-refractivity contribution in [1.29, 1.82) is 0 Å². The van der Waals surface area contributed by atoms with Gasteiger partial charge in [-0.15, -0.1) is 0 Å². The van der Waals surface area contributed by atoms with Crippen molar-refractivity contribution in [3.8, 4) is 11.1 Å². The van der Waals surface area contributed by atoms with E-state index in [0.29, 0.717) is 5.56 Å². The Kier molecular flexibility index (Phi) is 3.25. The highest BCUT2D eigenvalue weighted by Crippen LogP contribution is 2.23. The van der Waals surface area contributed by atoms with Gasteiger partial charge in [-0.05, 0) is 25.5 Å². The van der Waals surface area contributed by atoms with Crippen LogP contribution in [0.1, 0.15) is 21.6 Å². The summed E-state index contributed by atoms with van der Waals surface area (Å²) in [4.78, 5) is 23.4. The maximum Gasteiger partial charge on any atom is 0.341 e. The number of carboxylic acid groups (broad SMARTS) is 1. The molecule has 4 nitrogen and oxygen atoms in total. The third-order valence-corrected chi connectivity index (χ3v) is 3.25. The third kappa shape index (κ3) is 2.29. The molecule has 0 aliphatic heterocycles. The number of carboxylic acids is 1. The lowest BCUT2D eigenvalue weighted by Crippen LogP contribution is -2.26. The van der Waals surface area contributed by atoms with Crippen LogP contribution in [0.15, 0.2) is 35.1 Å². The molecular formula is C15H15NO3. The van der Waals surface area contributed by atoms with Crippen LogP contribution in [0, 0.1) is 13.8 Å². The fourth-order valence-corrected chi connectivity index (χ4v) is 1.99. The molecule has 0 saturated heterocycles. The molecule has 2 aromatic rings. The molecule has 1 N–H and O–H groups in total. The van der Waals surface area contributed by atoms with E-state index in [4.69, 9.17) is 0 Å². The van der Waals surface area contributed by atoms with Gasteiger partial charge in [0.05, 0.1) is 0 Å². The summed E-state index contributed by atoms with van der Waals surface area (Å²) in [5.41, 5.74) is 2.35. The zero-order valence-electron chi connectivity index (χ0n) is 11.1. The Morgan fingerprint density at radius 1 is 1.16 bits per heavy atom. The Labute approximate surface area is 110 Å². The van der Waals surface area contributed by atoms with Crippen molar-refractivity contribution < 1.29 is 9.90 Å². The Bertz CT molecular complexity index is 697. The van der Waals surface area contributed by atoms with Crippen LogP contribution >= 0.6 is 0 Å². The van der Waals surface area contributed by atoms with Crippen LogP contribution < -0.4 is 5.56 Å². The maximum absolute atomic E-state index is 12.1. The number of aromatic carboxylic acids is 1. The molecule has 0 fully saturated rings. The number of benzene rings is 1. The highest BCUT2D eigenvalue weighted by atomic mass is 16.4. The zero-order valence-corrected chi connectivity index (χ0v) is 11.1. The van der Waals surface area contributed by atoms with Gasteiger partial charge in [-0.25, -0.2) is 4.79 Å². The van der Waals surface area contributed by atoms with Gasteiger partial charge >= 0.3 is 5.97 Å². The number of rotatable bonds is 2. The second-order valence-electron chi connectivity index (χ2n) is 4.61. The van der Waals surface area contributed by atoms with Crippen molar-refractivity contribution in [2.75, 3.05) is 0 Å². The first-order valence-electron chi connectivity index (χ1n) is 5.92. The fraction of sp³-hybridized carbons (Fsp3) is 0.200. The summed E-state index contributed by atoms with van der Waals surface area (Å²) >= 11 is 0. The molecule has 0 radical (unpaired) electrons. The number of aromatic nitrogens is 1. The number of pyridine rings is 1. The van der Waals surface area contributed by atoms with E-state index in [1.54, 1.807) is 20.0 Å². The average molecular weight is 257 g/mol. The van der Waals surface area contributed by atoms with Crippen LogP contribution in [-0.2, 0) is 7.05 Å². The van der Waals surface area contributed by atoms with Gasteiger partial charge in [0.1, 0.15) is 5.56 Å². The van der Waals surface area contributed by atoms with Gasteiger partial charge in [-0.2, -0.15) is 0 Å². The molecule has 0 aliphatic rings. The van der Waals surface area contributed by atoms with Gasteiger partial charge in [0.25, 0.3) is 5.56 Å². The van der Waals surface area contributed by atoms with Crippen LogP contribution in [0.25, 0.3) is 11.1 Å². The minimum Gasteiger partial charge on any atom is -0.477 e. The van der Waals surface area contributed by atoms with Crippen LogP contribution in [0.5, 0.6) is 0 Å².